The first-order valence-corrected chi connectivity index (χ1v) is 6.81. The average molecular weight is 300 g/mol. The predicted molar refractivity (Wildman–Crippen MR) is 80.6 cm³/mol. The Hall–Kier alpha value is -2.69. The Morgan fingerprint density at radius 2 is 1.73 bits per heavy atom. The van der Waals surface area contributed by atoms with Crippen molar-refractivity contribution in [1.82, 2.24) is 0 Å². The van der Waals surface area contributed by atoms with E-state index in [1.807, 2.05) is 24.3 Å². The summed E-state index contributed by atoms with van der Waals surface area (Å²) in [4.78, 5) is 12.7. The van der Waals surface area contributed by atoms with Crippen molar-refractivity contribution in [2.45, 2.75) is 6.42 Å². The molecule has 0 saturated carbocycles. The van der Waals surface area contributed by atoms with Crippen LogP contribution in [0.15, 0.2) is 30.3 Å². The minimum atomic E-state index is -0.0854. The highest BCUT2D eigenvalue weighted by Gasteiger charge is 2.30. The van der Waals surface area contributed by atoms with Gasteiger partial charge in [0, 0.05) is 18.1 Å². The van der Waals surface area contributed by atoms with Gasteiger partial charge >= 0.3 is 0 Å². The molecule has 0 atom stereocenters. The monoisotopic (exact) mass is 300 g/mol. The van der Waals surface area contributed by atoms with E-state index < -0.39 is 0 Å². The number of para-hydroxylation sites is 1. The lowest BCUT2D eigenvalue weighted by atomic mass is 10.0. The summed E-state index contributed by atoms with van der Waals surface area (Å²) in [5.41, 5.74) is 1.20. The minimum absolute atomic E-state index is 0.0854. The van der Waals surface area contributed by atoms with Crippen molar-refractivity contribution in [3.8, 4) is 28.7 Å². The van der Waals surface area contributed by atoms with Crippen LogP contribution in [0.1, 0.15) is 15.9 Å². The molecule has 1 heterocycles. The molecule has 22 heavy (non-hydrogen) atoms. The summed E-state index contributed by atoms with van der Waals surface area (Å²) in [6.07, 6.45) is 0.245. The van der Waals surface area contributed by atoms with Gasteiger partial charge in [-0.15, -0.1) is 0 Å². The molecule has 0 radical (unpaired) electrons. The van der Waals surface area contributed by atoms with Gasteiger partial charge in [-0.1, -0.05) is 18.2 Å². The smallest absolute Gasteiger partial charge is 0.205 e. The fraction of sp³-hybridized carbons (Fsp3) is 0.235. The highest BCUT2D eigenvalue weighted by atomic mass is 16.5. The molecular weight excluding hydrogens is 284 g/mol. The van der Waals surface area contributed by atoms with Crippen LogP contribution in [0.5, 0.6) is 28.7 Å². The van der Waals surface area contributed by atoms with Gasteiger partial charge in [0.25, 0.3) is 0 Å². The van der Waals surface area contributed by atoms with Gasteiger partial charge in [0.05, 0.1) is 21.3 Å². The predicted octanol–water partition coefficient (Wildman–Crippen LogP) is 3.24. The molecule has 0 aliphatic carbocycles. The maximum Gasteiger partial charge on any atom is 0.205 e. The number of Topliss-reactive ketones (excluding diaryl/α,β-unsaturated/α-hetero) is 1. The zero-order valence-corrected chi connectivity index (χ0v) is 12.6. The van der Waals surface area contributed by atoms with Crippen molar-refractivity contribution in [1.29, 1.82) is 0 Å². The maximum atomic E-state index is 12.7. The molecule has 0 N–H and O–H groups in total. The lowest BCUT2D eigenvalue weighted by molar-refractivity contribution is 0.0990. The second-order valence-electron chi connectivity index (χ2n) is 4.83. The molecule has 0 aromatic heterocycles. The number of fused-ring (bicyclic) bond motifs is 2. The third kappa shape index (κ3) is 2.15. The van der Waals surface area contributed by atoms with Gasteiger partial charge in [0.15, 0.2) is 17.3 Å². The van der Waals surface area contributed by atoms with Crippen LogP contribution in [0, 0.1) is 0 Å². The molecule has 5 heteroatoms. The van der Waals surface area contributed by atoms with Gasteiger partial charge in [-0.2, -0.15) is 0 Å². The molecule has 0 amide bonds. The first kappa shape index (κ1) is 14.3. The Morgan fingerprint density at radius 3 is 2.41 bits per heavy atom. The van der Waals surface area contributed by atoms with Gasteiger partial charge in [-0.25, -0.2) is 0 Å². The van der Waals surface area contributed by atoms with Crippen molar-refractivity contribution >= 4 is 5.78 Å². The molecule has 0 unspecified atom stereocenters. The average Bonchev–Trinajstić information content (AvgIpc) is 2.69. The Morgan fingerprint density at radius 1 is 1.00 bits per heavy atom. The third-order valence-corrected chi connectivity index (χ3v) is 3.62. The normalized spacial score (nSPS) is 12.6. The number of carbonyl (C=O) groups is 1. The highest BCUT2D eigenvalue weighted by molar-refractivity contribution is 6.04. The van der Waals surface area contributed by atoms with Crippen molar-refractivity contribution in [3.63, 3.8) is 0 Å². The minimum Gasteiger partial charge on any atom is -0.496 e. The Bertz CT molecular complexity index is 736. The summed E-state index contributed by atoms with van der Waals surface area (Å²) in [7, 11) is 4.54. The van der Waals surface area contributed by atoms with Crippen LogP contribution in [0.4, 0.5) is 0 Å². The number of carbonyl (C=O) groups excluding carboxylic acids is 1. The standard InChI is InChI=1S/C17H16O5/c1-19-13-9-14(20-2)16(21-3)17-15(13)11(18)8-10-6-4-5-7-12(10)22-17/h4-7,9H,8H2,1-3H3. The maximum absolute atomic E-state index is 12.7. The van der Waals surface area contributed by atoms with Gasteiger partial charge in [-0.3, -0.25) is 4.79 Å². The zero-order chi connectivity index (χ0) is 15.7. The van der Waals surface area contributed by atoms with Crippen LogP contribution in [0.25, 0.3) is 0 Å². The topological polar surface area (TPSA) is 54.0 Å². The Kier molecular flexibility index (Phi) is 3.63. The van der Waals surface area contributed by atoms with Gasteiger partial charge in [0.2, 0.25) is 5.75 Å². The fourth-order valence-electron chi connectivity index (χ4n) is 2.58. The molecule has 0 fully saturated rings. The lowest BCUT2D eigenvalue weighted by Gasteiger charge is -2.17. The first-order chi connectivity index (χ1) is 10.7. The molecule has 0 bridgehead atoms. The SMILES string of the molecule is COc1cc(OC)c2c(c1OC)Oc1ccccc1CC2=O. The van der Waals surface area contributed by atoms with Crippen molar-refractivity contribution in [2.75, 3.05) is 21.3 Å². The van der Waals surface area contributed by atoms with Crippen LogP contribution >= 0.6 is 0 Å². The van der Waals surface area contributed by atoms with E-state index in [9.17, 15) is 4.79 Å². The van der Waals surface area contributed by atoms with Crippen LogP contribution in [-0.4, -0.2) is 27.1 Å². The van der Waals surface area contributed by atoms with Crippen molar-refractivity contribution in [2.24, 2.45) is 0 Å². The molecule has 0 saturated heterocycles. The summed E-state index contributed by atoms with van der Waals surface area (Å²) in [5.74, 6) is 2.11. The Balaban J connectivity index is 2.29. The van der Waals surface area contributed by atoms with E-state index in [0.717, 1.165) is 5.56 Å². The van der Waals surface area contributed by atoms with Gasteiger partial charge < -0.3 is 18.9 Å². The van der Waals surface area contributed by atoms with Crippen LogP contribution < -0.4 is 18.9 Å². The number of hydrogen-bond donors (Lipinski definition) is 0. The van der Waals surface area contributed by atoms with E-state index in [1.54, 1.807) is 6.07 Å². The van der Waals surface area contributed by atoms with Gasteiger partial charge in [0.1, 0.15) is 17.1 Å². The van der Waals surface area contributed by atoms with Crippen LogP contribution in [0.2, 0.25) is 0 Å². The summed E-state index contributed by atoms with van der Waals surface area (Å²) < 4.78 is 22.0. The van der Waals surface area contributed by atoms with Crippen LogP contribution in [0.3, 0.4) is 0 Å². The van der Waals surface area contributed by atoms with E-state index in [0.29, 0.717) is 34.3 Å². The molecular formula is C17H16O5. The molecule has 5 nitrogen and oxygen atoms in total. The molecule has 3 rings (SSSR count). The van der Waals surface area contributed by atoms with Crippen molar-refractivity contribution in [3.05, 3.63) is 41.5 Å². The zero-order valence-electron chi connectivity index (χ0n) is 12.6. The number of ketones is 1. The highest BCUT2D eigenvalue weighted by Crippen LogP contribution is 2.49. The molecule has 114 valence electrons. The molecule has 1 aliphatic rings. The van der Waals surface area contributed by atoms with Crippen molar-refractivity contribution < 1.29 is 23.7 Å². The molecule has 2 aromatic rings. The summed E-state index contributed by atoms with van der Waals surface area (Å²) >= 11 is 0. The summed E-state index contributed by atoms with van der Waals surface area (Å²) in [6.45, 7) is 0. The van der Waals surface area contributed by atoms with E-state index in [1.165, 1.54) is 21.3 Å². The van der Waals surface area contributed by atoms with E-state index >= 15 is 0 Å². The second kappa shape index (κ2) is 5.60. The first-order valence-electron chi connectivity index (χ1n) is 6.81. The van der Waals surface area contributed by atoms with E-state index in [4.69, 9.17) is 18.9 Å². The van der Waals surface area contributed by atoms with E-state index in [-0.39, 0.29) is 12.2 Å². The Labute approximate surface area is 128 Å². The second-order valence-corrected chi connectivity index (χ2v) is 4.83. The fourth-order valence-corrected chi connectivity index (χ4v) is 2.58. The summed E-state index contributed by atoms with van der Waals surface area (Å²) in [5, 5.41) is 0. The number of hydrogen-bond acceptors (Lipinski definition) is 5. The number of benzene rings is 2. The van der Waals surface area contributed by atoms with Crippen LogP contribution in [-0.2, 0) is 6.42 Å². The number of ether oxygens (including phenoxy) is 4. The quantitative estimate of drug-likeness (QED) is 0.871. The lowest BCUT2D eigenvalue weighted by Crippen LogP contribution is -2.06. The summed E-state index contributed by atoms with van der Waals surface area (Å²) in [6, 6.07) is 9.06. The number of methoxy groups -OCH3 is 3. The molecule has 0 spiro atoms. The third-order valence-electron chi connectivity index (χ3n) is 3.62. The number of rotatable bonds is 3. The largest absolute Gasteiger partial charge is 0.496 e. The van der Waals surface area contributed by atoms with E-state index in [2.05, 4.69) is 0 Å². The molecule has 1 aliphatic heterocycles. The van der Waals surface area contributed by atoms with Gasteiger partial charge in [-0.05, 0) is 6.07 Å². The molecule has 2 aromatic carbocycles.